The van der Waals surface area contributed by atoms with Gasteiger partial charge in [0.15, 0.2) is 0 Å². The molecular weight excluding hydrogens is 466 g/mol. The first kappa shape index (κ1) is 23.9. The van der Waals surface area contributed by atoms with Crippen LogP contribution in [0.1, 0.15) is 28.3 Å². The molecule has 4 aromatic carbocycles. The van der Waals surface area contributed by atoms with E-state index in [1.54, 1.807) is 60.7 Å². The monoisotopic (exact) mass is 491 g/mol. The summed E-state index contributed by atoms with van der Waals surface area (Å²) in [7, 11) is 0. The van der Waals surface area contributed by atoms with Crippen molar-refractivity contribution in [3.8, 4) is 11.5 Å². The number of hydrogen-bond acceptors (Lipinski definition) is 5. The fourth-order valence-corrected chi connectivity index (χ4v) is 4.55. The number of hydrogen-bond donors (Lipinski definition) is 2. The van der Waals surface area contributed by atoms with E-state index in [1.807, 2.05) is 43.3 Å². The molecule has 184 valence electrons. The van der Waals surface area contributed by atoms with Gasteiger partial charge in [0.2, 0.25) is 0 Å². The molecule has 1 heterocycles. The Balaban J connectivity index is 1.56. The van der Waals surface area contributed by atoms with E-state index in [-0.39, 0.29) is 22.8 Å². The number of amides is 1. The van der Waals surface area contributed by atoms with Gasteiger partial charge in [0.25, 0.3) is 11.7 Å². The fourth-order valence-electron chi connectivity index (χ4n) is 4.55. The largest absolute Gasteiger partial charge is 0.507 e. The Labute approximate surface area is 214 Å². The van der Waals surface area contributed by atoms with Crippen molar-refractivity contribution in [2.24, 2.45) is 0 Å². The van der Waals surface area contributed by atoms with Crippen LogP contribution in [0.4, 0.5) is 5.69 Å². The topological polar surface area (TPSA) is 87.1 Å². The normalized spacial score (nSPS) is 16.7. The first-order chi connectivity index (χ1) is 18.0. The highest BCUT2D eigenvalue weighted by Crippen LogP contribution is 2.44. The molecule has 0 aliphatic carbocycles. The Bertz CT molecular complexity index is 1490. The Morgan fingerprint density at radius 1 is 0.865 bits per heavy atom. The van der Waals surface area contributed by atoms with Gasteiger partial charge in [0, 0.05) is 5.56 Å². The van der Waals surface area contributed by atoms with Crippen LogP contribution in [0.2, 0.25) is 0 Å². The predicted octanol–water partition coefficient (Wildman–Crippen LogP) is 5.91. The van der Waals surface area contributed by atoms with Crippen LogP contribution < -0.4 is 9.64 Å². The average Bonchev–Trinajstić information content (AvgIpc) is 3.19. The maximum absolute atomic E-state index is 13.3. The third-order valence-electron chi connectivity index (χ3n) is 6.39. The van der Waals surface area contributed by atoms with Crippen molar-refractivity contribution in [1.29, 1.82) is 0 Å². The highest BCUT2D eigenvalue weighted by molar-refractivity contribution is 6.51. The molecule has 0 bridgehead atoms. The molecular formula is C31H25NO5. The quantitative estimate of drug-likeness (QED) is 0.199. The number of aliphatic hydroxyl groups is 1. The van der Waals surface area contributed by atoms with Crippen LogP contribution in [-0.4, -0.2) is 21.9 Å². The fraction of sp³-hybridized carbons (Fsp3) is 0.0968. The summed E-state index contributed by atoms with van der Waals surface area (Å²) in [6.45, 7) is 2.25. The number of Topliss-reactive ketones (excluding diaryl/α,β-unsaturated/α-hetero) is 1. The summed E-state index contributed by atoms with van der Waals surface area (Å²) in [4.78, 5) is 27.8. The molecule has 1 unspecified atom stereocenters. The van der Waals surface area contributed by atoms with Gasteiger partial charge in [-0.05, 0) is 53.9 Å². The summed E-state index contributed by atoms with van der Waals surface area (Å²) in [5.41, 5.74) is 2.97. The van der Waals surface area contributed by atoms with Crippen molar-refractivity contribution in [3.05, 3.63) is 131 Å². The summed E-state index contributed by atoms with van der Waals surface area (Å²) < 4.78 is 5.94. The van der Waals surface area contributed by atoms with Crippen molar-refractivity contribution in [3.63, 3.8) is 0 Å². The number of aryl methyl sites for hydroxylation is 1. The molecule has 0 saturated carbocycles. The van der Waals surface area contributed by atoms with Crippen LogP contribution in [-0.2, 0) is 16.2 Å². The summed E-state index contributed by atoms with van der Waals surface area (Å²) in [5.74, 6) is -1.42. The second-order valence-corrected chi connectivity index (χ2v) is 8.82. The highest BCUT2D eigenvalue weighted by atomic mass is 16.5. The van der Waals surface area contributed by atoms with E-state index in [2.05, 4.69) is 0 Å². The summed E-state index contributed by atoms with van der Waals surface area (Å²) in [6.07, 6.45) is 0. The molecule has 6 heteroatoms. The molecule has 1 fully saturated rings. The molecule has 5 rings (SSSR count). The molecule has 0 spiro atoms. The number of aromatic hydroxyl groups is 1. The maximum atomic E-state index is 13.3. The number of rotatable bonds is 6. The molecule has 6 nitrogen and oxygen atoms in total. The minimum atomic E-state index is -0.913. The van der Waals surface area contributed by atoms with E-state index >= 15 is 0 Å². The van der Waals surface area contributed by atoms with Crippen LogP contribution in [0.5, 0.6) is 11.5 Å². The Hall–Kier alpha value is -4.84. The van der Waals surface area contributed by atoms with E-state index in [0.29, 0.717) is 23.5 Å². The number of carbonyl (C=O) groups excluding carboxylic acids is 2. The lowest BCUT2D eigenvalue weighted by atomic mass is 9.94. The van der Waals surface area contributed by atoms with Gasteiger partial charge in [-0.1, -0.05) is 72.8 Å². The molecule has 0 radical (unpaired) electrons. The summed E-state index contributed by atoms with van der Waals surface area (Å²) >= 11 is 0. The number of ether oxygens (including phenoxy) is 1. The number of anilines is 1. The van der Waals surface area contributed by atoms with Gasteiger partial charge in [-0.15, -0.1) is 0 Å². The zero-order valence-electron chi connectivity index (χ0n) is 20.2. The number of phenolic OH excluding ortho intramolecular Hbond substituents is 1. The second kappa shape index (κ2) is 10.0. The Morgan fingerprint density at radius 3 is 2.19 bits per heavy atom. The number of ketones is 1. The maximum Gasteiger partial charge on any atom is 0.300 e. The van der Waals surface area contributed by atoms with Gasteiger partial charge >= 0.3 is 0 Å². The van der Waals surface area contributed by atoms with E-state index in [4.69, 9.17) is 4.74 Å². The summed E-state index contributed by atoms with van der Waals surface area (Å²) in [5, 5.41) is 21.9. The number of phenols is 1. The molecule has 4 aromatic rings. The molecule has 1 saturated heterocycles. The zero-order valence-corrected chi connectivity index (χ0v) is 20.2. The van der Waals surface area contributed by atoms with E-state index < -0.39 is 17.7 Å². The molecule has 37 heavy (non-hydrogen) atoms. The Kier molecular flexibility index (Phi) is 6.47. The third-order valence-corrected chi connectivity index (χ3v) is 6.39. The lowest BCUT2D eigenvalue weighted by Crippen LogP contribution is -2.29. The molecule has 1 atom stereocenters. The minimum absolute atomic E-state index is 0.0446. The smallest absolute Gasteiger partial charge is 0.300 e. The zero-order chi connectivity index (χ0) is 25.9. The minimum Gasteiger partial charge on any atom is -0.507 e. The van der Waals surface area contributed by atoms with Crippen molar-refractivity contribution in [1.82, 2.24) is 0 Å². The molecule has 1 aliphatic rings. The van der Waals surface area contributed by atoms with Gasteiger partial charge in [-0.2, -0.15) is 0 Å². The van der Waals surface area contributed by atoms with Gasteiger partial charge < -0.3 is 14.9 Å². The van der Waals surface area contributed by atoms with Crippen molar-refractivity contribution in [2.75, 3.05) is 4.90 Å². The summed E-state index contributed by atoms with van der Waals surface area (Å²) in [6, 6.07) is 29.3. The SMILES string of the molecule is Cc1cc(/C(O)=C2/C(=O)C(=O)N(c3ccccc3O)C2c2ccccc2)ccc1OCc1ccccc1. The van der Waals surface area contributed by atoms with Crippen molar-refractivity contribution < 1.29 is 24.5 Å². The lowest BCUT2D eigenvalue weighted by Gasteiger charge is -2.26. The van der Waals surface area contributed by atoms with Crippen molar-refractivity contribution >= 4 is 23.1 Å². The number of aliphatic hydroxyl groups excluding tert-OH is 1. The molecule has 2 N–H and O–H groups in total. The standard InChI is InChI=1S/C31H25NO5/c1-20-18-23(16-17-26(20)37-19-21-10-4-2-5-11-21)29(34)27-28(22-12-6-3-7-13-22)32(31(36)30(27)35)24-14-8-9-15-25(24)33/h2-18,28,33-34H,19H2,1H3/b29-27-. The van der Waals surface area contributed by atoms with Crippen molar-refractivity contribution in [2.45, 2.75) is 19.6 Å². The van der Waals surface area contributed by atoms with Crippen LogP contribution in [0, 0.1) is 6.92 Å². The molecule has 1 amide bonds. The first-order valence-electron chi connectivity index (χ1n) is 11.9. The Morgan fingerprint density at radius 2 is 1.51 bits per heavy atom. The number of para-hydroxylation sites is 2. The number of carbonyl (C=O) groups is 2. The van der Waals surface area contributed by atoms with E-state index in [9.17, 15) is 19.8 Å². The van der Waals surface area contributed by atoms with Gasteiger partial charge in [-0.3, -0.25) is 14.5 Å². The van der Waals surface area contributed by atoms with Crippen LogP contribution in [0.3, 0.4) is 0 Å². The van der Waals surface area contributed by atoms with E-state index in [1.165, 1.54) is 11.0 Å². The number of benzene rings is 4. The van der Waals surface area contributed by atoms with E-state index in [0.717, 1.165) is 11.1 Å². The second-order valence-electron chi connectivity index (χ2n) is 8.82. The van der Waals surface area contributed by atoms with Crippen LogP contribution in [0.15, 0.2) is 109 Å². The average molecular weight is 492 g/mol. The van der Waals surface area contributed by atoms with Gasteiger partial charge in [-0.25, -0.2) is 0 Å². The van der Waals surface area contributed by atoms with Gasteiger partial charge in [0.05, 0.1) is 17.3 Å². The number of nitrogens with zero attached hydrogens (tertiary/aromatic N) is 1. The van der Waals surface area contributed by atoms with Crippen LogP contribution >= 0.6 is 0 Å². The van der Waals surface area contributed by atoms with Gasteiger partial charge in [0.1, 0.15) is 23.9 Å². The molecule has 1 aliphatic heterocycles. The first-order valence-corrected chi connectivity index (χ1v) is 11.9. The lowest BCUT2D eigenvalue weighted by molar-refractivity contribution is -0.132. The highest BCUT2D eigenvalue weighted by Gasteiger charge is 2.47. The predicted molar refractivity (Wildman–Crippen MR) is 141 cm³/mol. The third kappa shape index (κ3) is 4.57. The molecule has 0 aromatic heterocycles. The van der Waals surface area contributed by atoms with Crippen LogP contribution in [0.25, 0.3) is 5.76 Å².